The number of fused-ring (bicyclic) bond motifs is 1. The minimum absolute atomic E-state index is 0.00797. The van der Waals surface area contributed by atoms with Crippen LogP contribution in [0.15, 0.2) is 32.2 Å². The van der Waals surface area contributed by atoms with Crippen LogP contribution in [0.5, 0.6) is 0 Å². The molecule has 0 radical (unpaired) electrons. The number of aromatic nitrogens is 1. The molecule has 2 aliphatic heterocycles. The average molecular weight is 410 g/mol. The Morgan fingerprint density at radius 2 is 2.11 bits per heavy atom. The van der Waals surface area contributed by atoms with Gasteiger partial charge in [-0.05, 0) is 18.8 Å². The summed E-state index contributed by atoms with van der Waals surface area (Å²) in [7, 11) is -3.72. The molecule has 2 fully saturated rings. The van der Waals surface area contributed by atoms with Crippen molar-refractivity contribution in [3.63, 3.8) is 0 Å². The monoisotopic (exact) mass is 409 g/mol. The second-order valence-corrected chi connectivity index (χ2v) is 10.4. The average Bonchev–Trinajstić information content (AvgIpc) is 3.35. The molecule has 0 bridgehead atoms. The van der Waals surface area contributed by atoms with E-state index in [1.165, 1.54) is 16.6 Å². The molecule has 2 atom stereocenters. The van der Waals surface area contributed by atoms with Gasteiger partial charge in [-0.25, -0.2) is 8.42 Å². The van der Waals surface area contributed by atoms with E-state index < -0.39 is 15.4 Å². The van der Waals surface area contributed by atoms with Crippen molar-refractivity contribution in [3.05, 3.63) is 24.1 Å². The van der Waals surface area contributed by atoms with Crippen molar-refractivity contribution in [2.24, 2.45) is 17.3 Å². The van der Waals surface area contributed by atoms with Crippen molar-refractivity contribution in [3.8, 4) is 11.5 Å². The predicted octanol–water partition coefficient (Wildman–Crippen LogP) is 1.81. The highest BCUT2D eigenvalue weighted by Crippen LogP contribution is 2.44. The molecule has 2 unspecified atom stereocenters. The van der Waals surface area contributed by atoms with E-state index in [9.17, 15) is 13.5 Å². The fourth-order valence-electron chi connectivity index (χ4n) is 4.63. The minimum atomic E-state index is -3.72. The van der Waals surface area contributed by atoms with Gasteiger partial charge in [0.1, 0.15) is 10.7 Å². The molecule has 2 aliphatic rings. The number of rotatable bonds is 6. The Hall–Kier alpha value is -1.68. The quantitative estimate of drug-likeness (QED) is 0.777. The number of furan rings is 1. The first-order valence-electron chi connectivity index (χ1n) is 9.60. The lowest BCUT2D eigenvalue weighted by Crippen LogP contribution is -2.39. The van der Waals surface area contributed by atoms with Crippen LogP contribution in [0.1, 0.15) is 19.6 Å². The lowest BCUT2D eigenvalue weighted by atomic mass is 9.82. The van der Waals surface area contributed by atoms with E-state index >= 15 is 0 Å². The van der Waals surface area contributed by atoms with Crippen LogP contribution in [0.25, 0.3) is 11.5 Å². The Labute approximate surface area is 165 Å². The van der Waals surface area contributed by atoms with E-state index in [0.29, 0.717) is 36.3 Å². The maximum absolute atomic E-state index is 13.3. The minimum Gasteiger partial charge on any atom is -0.457 e. The van der Waals surface area contributed by atoms with E-state index in [1.807, 2.05) is 0 Å². The molecule has 0 saturated carbocycles. The summed E-state index contributed by atoms with van der Waals surface area (Å²) < 4.78 is 38.8. The van der Waals surface area contributed by atoms with Crippen molar-refractivity contribution in [1.82, 2.24) is 14.4 Å². The van der Waals surface area contributed by atoms with Gasteiger partial charge >= 0.3 is 0 Å². The normalized spacial score (nSPS) is 26.4. The Kier molecular flexibility index (Phi) is 4.89. The maximum atomic E-state index is 13.3. The molecule has 0 aliphatic carbocycles. The summed E-state index contributed by atoms with van der Waals surface area (Å²) in [6.45, 7) is 9.22. The standard InChI is InChI=1S/C19H27N3O5S/c1-13(2)7-21-8-15-9-22(11-19(15,10-21)12-23)28(24,25)18-6-17(26-14(18)3)16-4-5-20-27-16/h4-6,13,15,23H,7-12H2,1-3H3. The summed E-state index contributed by atoms with van der Waals surface area (Å²) in [6.07, 6.45) is 1.48. The van der Waals surface area contributed by atoms with Crippen LogP contribution in [0.3, 0.4) is 0 Å². The first-order chi connectivity index (χ1) is 13.2. The Morgan fingerprint density at radius 3 is 2.71 bits per heavy atom. The van der Waals surface area contributed by atoms with Gasteiger partial charge in [0.05, 0.1) is 12.8 Å². The second-order valence-electron chi connectivity index (χ2n) is 8.51. The number of hydrogen-bond acceptors (Lipinski definition) is 7. The predicted molar refractivity (Wildman–Crippen MR) is 102 cm³/mol. The van der Waals surface area contributed by atoms with Crippen molar-refractivity contribution >= 4 is 10.0 Å². The molecule has 154 valence electrons. The van der Waals surface area contributed by atoms with E-state index in [4.69, 9.17) is 8.94 Å². The zero-order valence-corrected chi connectivity index (χ0v) is 17.3. The number of aliphatic hydroxyl groups is 1. The molecular weight excluding hydrogens is 382 g/mol. The van der Waals surface area contributed by atoms with Crippen LogP contribution < -0.4 is 0 Å². The van der Waals surface area contributed by atoms with Crippen molar-refractivity contribution in [2.75, 3.05) is 39.3 Å². The van der Waals surface area contributed by atoms with Gasteiger partial charge in [-0.1, -0.05) is 19.0 Å². The number of nitrogens with zero attached hydrogens (tertiary/aromatic N) is 3. The van der Waals surface area contributed by atoms with E-state index in [0.717, 1.165) is 19.6 Å². The number of likely N-dealkylation sites (tertiary alicyclic amines) is 1. The van der Waals surface area contributed by atoms with Gasteiger partial charge in [0.25, 0.3) is 0 Å². The molecule has 0 aromatic carbocycles. The summed E-state index contributed by atoms with van der Waals surface area (Å²) in [5.41, 5.74) is -0.395. The molecule has 0 spiro atoms. The fraction of sp³-hybridized carbons (Fsp3) is 0.632. The zero-order chi connectivity index (χ0) is 20.1. The highest BCUT2D eigenvalue weighted by Gasteiger charge is 2.54. The van der Waals surface area contributed by atoms with E-state index in [2.05, 4.69) is 23.9 Å². The molecule has 2 saturated heterocycles. The van der Waals surface area contributed by atoms with Crippen LogP contribution >= 0.6 is 0 Å². The third kappa shape index (κ3) is 3.20. The summed E-state index contributed by atoms with van der Waals surface area (Å²) in [5, 5.41) is 13.8. The summed E-state index contributed by atoms with van der Waals surface area (Å²) in [4.78, 5) is 2.49. The van der Waals surface area contributed by atoms with Crippen molar-refractivity contribution in [1.29, 1.82) is 0 Å². The van der Waals surface area contributed by atoms with Crippen LogP contribution in [-0.4, -0.2) is 67.2 Å². The first-order valence-corrected chi connectivity index (χ1v) is 11.0. The van der Waals surface area contributed by atoms with Gasteiger partial charge < -0.3 is 18.9 Å². The first kappa shape index (κ1) is 19.6. The highest BCUT2D eigenvalue weighted by molar-refractivity contribution is 7.89. The largest absolute Gasteiger partial charge is 0.457 e. The molecule has 8 nitrogen and oxygen atoms in total. The van der Waals surface area contributed by atoms with Crippen LogP contribution in [0, 0.1) is 24.2 Å². The van der Waals surface area contributed by atoms with Crippen LogP contribution in [0.4, 0.5) is 0 Å². The number of hydrogen-bond donors (Lipinski definition) is 1. The Morgan fingerprint density at radius 1 is 1.32 bits per heavy atom. The smallest absolute Gasteiger partial charge is 0.246 e. The van der Waals surface area contributed by atoms with Gasteiger partial charge in [0.2, 0.25) is 15.8 Å². The van der Waals surface area contributed by atoms with Gasteiger partial charge in [-0.15, -0.1) is 0 Å². The Bertz CT molecular complexity index is 937. The molecule has 0 amide bonds. The molecule has 1 N–H and O–H groups in total. The Balaban J connectivity index is 1.58. The zero-order valence-electron chi connectivity index (χ0n) is 16.5. The second kappa shape index (κ2) is 6.98. The van der Waals surface area contributed by atoms with Gasteiger partial charge in [0.15, 0.2) is 5.76 Å². The van der Waals surface area contributed by atoms with Crippen LogP contribution in [-0.2, 0) is 10.0 Å². The third-order valence-electron chi connectivity index (χ3n) is 5.91. The van der Waals surface area contributed by atoms with E-state index in [-0.39, 0.29) is 17.4 Å². The van der Waals surface area contributed by atoms with Gasteiger partial charge in [-0.3, -0.25) is 0 Å². The summed E-state index contributed by atoms with van der Waals surface area (Å²) in [5.74, 6) is 1.72. The molecular formula is C19H27N3O5S. The van der Waals surface area contributed by atoms with Crippen molar-refractivity contribution < 1.29 is 22.5 Å². The lowest BCUT2D eigenvalue weighted by Gasteiger charge is -2.27. The fourth-order valence-corrected chi connectivity index (χ4v) is 6.37. The molecule has 2 aromatic rings. The molecule has 2 aromatic heterocycles. The molecule has 9 heteroatoms. The highest BCUT2D eigenvalue weighted by atomic mass is 32.2. The maximum Gasteiger partial charge on any atom is 0.246 e. The molecule has 4 rings (SSSR count). The van der Waals surface area contributed by atoms with Crippen LogP contribution in [0.2, 0.25) is 0 Å². The van der Waals surface area contributed by atoms with Gasteiger partial charge in [0, 0.05) is 50.3 Å². The molecule has 28 heavy (non-hydrogen) atoms. The summed E-state index contributed by atoms with van der Waals surface area (Å²) in [6, 6.07) is 3.12. The van der Waals surface area contributed by atoms with Crippen molar-refractivity contribution in [2.45, 2.75) is 25.7 Å². The lowest BCUT2D eigenvalue weighted by molar-refractivity contribution is 0.118. The molecule has 4 heterocycles. The number of aliphatic hydroxyl groups excluding tert-OH is 1. The number of aryl methyl sites for hydroxylation is 1. The SMILES string of the molecule is Cc1oc(-c2ccno2)cc1S(=O)(=O)N1CC2CN(CC(C)C)CC2(CO)C1. The van der Waals surface area contributed by atoms with E-state index in [1.54, 1.807) is 13.0 Å². The number of sulfonamides is 1. The van der Waals surface area contributed by atoms with Gasteiger partial charge in [-0.2, -0.15) is 4.31 Å². The summed E-state index contributed by atoms with van der Waals surface area (Å²) >= 11 is 0. The topological polar surface area (TPSA) is 100 Å². The third-order valence-corrected chi connectivity index (χ3v) is 7.83.